The van der Waals surface area contributed by atoms with E-state index in [1.165, 1.54) is 4.88 Å². The van der Waals surface area contributed by atoms with Gasteiger partial charge in [-0.3, -0.25) is 9.59 Å². The summed E-state index contributed by atoms with van der Waals surface area (Å²) < 4.78 is 6.16. The van der Waals surface area contributed by atoms with Gasteiger partial charge < -0.3 is 14.5 Å². The van der Waals surface area contributed by atoms with E-state index in [2.05, 4.69) is 25.3 Å². The van der Waals surface area contributed by atoms with Gasteiger partial charge in [0.25, 0.3) is 5.91 Å². The summed E-state index contributed by atoms with van der Waals surface area (Å²) in [6, 6.07) is 14.3. The van der Waals surface area contributed by atoms with Crippen molar-refractivity contribution < 1.29 is 14.3 Å². The lowest BCUT2D eigenvalue weighted by Gasteiger charge is -2.37. The molecule has 0 radical (unpaired) electrons. The minimum absolute atomic E-state index is 0.00566. The van der Waals surface area contributed by atoms with Gasteiger partial charge in [-0.25, -0.2) is 0 Å². The topological polar surface area (TPSA) is 49.9 Å². The third-order valence-corrected chi connectivity index (χ3v) is 8.52. The van der Waals surface area contributed by atoms with Crippen molar-refractivity contribution in [3.63, 3.8) is 0 Å². The molecule has 2 atom stereocenters. The minimum Gasteiger partial charge on any atom is -0.491 e. The summed E-state index contributed by atoms with van der Waals surface area (Å²) in [5.41, 5.74) is 2.54. The van der Waals surface area contributed by atoms with Crippen LogP contribution in [0.3, 0.4) is 0 Å². The molecule has 0 aliphatic carbocycles. The van der Waals surface area contributed by atoms with Crippen molar-refractivity contribution in [3.8, 4) is 5.75 Å². The number of rotatable bonds is 9. The average Bonchev–Trinajstić information content (AvgIpc) is 3.37. The molecular weight excluding hydrogens is 527 g/mol. The maximum absolute atomic E-state index is 13.8. The summed E-state index contributed by atoms with van der Waals surface area (Å²) in [5.74, 6) is 0.699. The summed E-state index contributed by atoms with van der Waals surface area (Å²) in [7, 11) is 0. The van der Waals surface area contributed by atoms with E-state index < -0.39 is 0 Å². The third kappa shape index (κ3) is 6.67. The van der Waals surface area contributed by atoms with Crippen LogP contribution in [0.5, 0.6) is 5.75 Å². The number of carbonyl (C=O) groups is 2. The molecule has 1 aromatic heterocycles. The molecule has 0 bridgehead atoms. The van der Waals surface area contributed by atoms with Gasteiger partial charge >= 0.3 is 0 Å². The van der Waals surface area contributed by atoms with Crippen molar-refractivity contribution in [1.82, 2.24) is 9.80 Å². The number of thiophene rings is 1. The molecule has 1 aliphatic rings. The summed E-state index contributed by atoms with van der Waals surface area (Å²) in [5, 5.41) is 3.25. The Labute approximate surface area is 232 Å². The lowest BCUT2D eigenvalue weighted by Crippen LogP contribution is -2.48. The van der Waals surface area contributed by atoms with Crippen LogP contribution in [0.1, 0.15) is 52.7 Å². The summed E-state index contributed by atoms with van der Waals surface area (Å²) in [4.78, 5) is 32.0. The van der Waals surface area contributed by atoms with Gasteiger partial charge in [0.15, 0.2) is 0 Å². The van der Waals surface area contributed by atoms with Crippen molar-refractivity contribution in [2.24, 2.45) is 5.92 Å². The first-order chi connectivity index (χ1) is 17.8. The van der Waals surface area contributed by atoms with E-state index in [1.807, 2.05) is 30.0 Å². The fourth-order valence-electron chi connectivity index (χ4n) is 4.54. The number of benzene rings is 2. The number of fused-ring (bicyclic) bond motifs is 1. The smallest absolute Gasteiger partial charge is 0.254 e. The predicted molar refractivity (Wildman–Crippen MR) is 151 cm³/mol. The highest BCUT2D eigenvalue weighted by Gasteiger charge is 2.34. The molecule has 0 saturated carbocycles. The SMILES string of the molecule is CC[C@H](C)CN(CC(=O)N1CCc2sccc2[C@H]1COc1ccc(Cl)c(C)c1)C(=O)c1cccc(Cl)c1. The Hall–Kier alpha value is -2.54. The Bertz CT molecular complexity index is 1260. The second-order valence-electron chi connectivity index (χ2n) is 9.58. The van der Waals surface area contributed by atoms with Crippen LogP contribution in [-0.2, 0) is 11.2 Å². The molecule has 5 nitrogen and oxygen atoms in total. The number of nitrogens with zero attached hydrogens (tertiary/aromatic N) is 2. The molecular formula is C29H32Cl2N2O3S. The van der Waals surface area contributed by atoms with Crippen LogP contribution >= 0.6 is 34.5 Å². The zero-order valence-electron chi connectivity index (χ0n) is 21.4. The number of ether oxygens (including phenoxy) is 1. The van der Waals surface area contributed by atoms with Gasteiger partial charge in [0.2, 0.25) is 5.91 Å². The first kappa shape index (κ1) is 27.5. The Kier molecular flexibility index (Phi) is 9.17. The summed E-state index contributed by atoms with van der Waals surface area (Å²) >= 11 is 14.0. The highest BCUT2D eigenvalue weighted by molar-refractivity contribution is 7.10. The quantitative estimate of drug-likeness (QED) is 0.282. The van der Waals surface area contributed by atoms with E-state index in [4.69, 9.17) is 27.9 Å². The Balaban J connectivity index is 1.55. The maximum atomic E-state index is 13.8. The van der Waals surface area contributed by atoms with E-state index in [-0.39, 0.29) is 30.3 Å². The number of hydrogen-bond donors (Lipinski definition) is 0. The largest absolute Gasteiger partial charge is 0.491 e. The lowest BCUT2D eigenvalue weighted by atomic mass is 10.00. The number of hydrogen-bond acceptors (Lipinski definition) is 4. The average molecular weight is 560 g/mol. The molecule has 2 heterocycles. The van der Waals surface area contributed by atoms with E-state index in [1.54, 1.807) is 40.5 Å². The zero-order valence-corrected chi connectivity index (χ0v) is 23.7. The van der Waals surface area contributed by atoms with Gasteiger partial charge in [-0.05, 0) is 78.2 Å². The molecule has 2 amide bonds. The molecule has 4 rings (SSSR count). The second kappa shape index (κ2) is 12.3. The van der Waals surface area contributed by atoms with E-state index in [0.717, 1.165) is 24.0 Å². The first-order valence-electron chi connectivity index (χ1n) is 12.6. The van der Waals surface area contributed by atoms with Gasteiger partial charge in [0.05, 0.1) is 6.04 Å². The number of carbonyl (C=O) groups excluding carboxylic acids is 2. The van der Waals surface area contributed by atoms with Crippen molar-refractivity contribution >= 4 is 46.4 Å². The third-order valence-electron chi connectivity index (χ3n) is 6.87. The summed E-state index contributed by atoms with van der Waals surface area (Å²) in [6.45, 7) is 7.52. The van der Waals surface area contributed by atoms with Crippen LogP contribution in [0.25, 0.3) is 0 Å². The van der Waals surface area contributed by atoms with Gasteiger partial charge in [0, 0.05) is 33.6 Å². The fraction of sp³-hybridized carbons (Fsp3) is 0.379. The summed E-state index contributed by atoms with van der Waals surface area (Å²) in [6.07, 6.45) is 1.70. The fourth-order valence-corrected chi connectivity index (χ4v) is 5.78. The molecule has 3 aromatic rings. The molecule has 37 heavy (non-hydrogen) atoms. The first-order valence-corrected chi connectivity index (χ1v) is 14.2. The van der Waals surface area contributed by atoms with Crippen LogP contribution in [0.15, 0.2) is 53.9 Å². The van der Waals surface area contributed by atoms with Gasteiger partial charge in [0.1, 0.15) is 18.9 Å². The Morgan fingerprint density at radius 3 is 2.73 bits per heavy atom. The van der Waals surface area contributed by atoms with E-state index in [0.29, 0.717) is 41.1 Å². The lowest BCUT2D eigenvalue weighted by molar-refractivity contribution is -0.135. The Morgan fingerprint density at radius 2 is 2.00 bits per heavy atom. The molecule has 0 spiro atoms. The van der Waals surface area contributed by atoms with Crippen LogP contribution in [0.4, 0.5) is 0 Å². The zero-order chi connectivity index (χ0) is 26.5. The standard InChI is InChI=1S/C29H32Cl2N2O3S/c1-4-19(2)16-32(29(35)21-6-5-7-22(30)15-21)17-28(34)33-12-10-27-24(11-13-37-27)26(33)18-36-23-8-9-25(31)20(3)14-23/h5-9,11,13-15,19,26H,4,10,12,16-18H2,1-3H3/t19-,26+/m0/s1. The number of halogens is 2. The van der Waals surface area contributed by atoms with Crippen LogP contribution < -0.4 is 4.74 Å². The molecule has 0 saturated heterocycles. The van der Waals surface area contributed by atoms with Crippen LogP contribution in [-0.4, -0.2) is 47.9 Å². The van der Waals surface area contributed by atoms with Crippen molar-refractivity contribution in [2.75, 3.05) is 26.2 Å². The van der Waals surface area contributed by atoms with Crippen LogP contribution in [0, 0.1) is 12.8 Å². The van der Waals surface area contributed by atoms with Gasteiger partial charge in [-0.15, -0.1) is 11.3 Å². The molecule has 2 aromatic carbocycles. The van der Waals surface area contributed by atoms with Gasteiger partial charge in [-0.1, -0.05) is 49.5 Å². The van der Waals surface area contributed by atoms with Crippen LogP contribution in [0.2, 0.25) is 10.0 Å². The normalized spacial score (nSPS) is 15.7. The molecule has 0 N–H and O–H groups in total. The highest BCUT2D eigenvalue weighted by atomic mass is 35.5. The number of aryl methyl sites for hydroxylation is 1. The van der Waals surface area contributed by atoms with Gasteiger partial charge in [-0.2, -0.15) is 0 Å². The molecule has 8 heteroatoms. The van der Waals surface area contributed by atoms with Crippen molar-refractivity contribution in [3.05, 3.63) is 85.5 Å². The Morgan fingerprint density at radius 1 is 1.19 bits per heavy atom. The molecule has 1 aliphatic heterocycles. The molecule has 0 unspecified atom stereocenters. The van der Waals surface area contributed by atoms with Crippen molar-refractivity contribution in [2.45, 2.75) is 39.7 Å². The number of amides is 2. The second-order valence-corrected chi connectivity index (χ2v) is 11.4. The molecule has 0 fully saturated rings. The van der Waals surface area contributed by atoms with E-state index >= 15 is 0 Å². The highest BCUT2D eigenvalue weighted by Crippen LogP contribution is 2.34. The minimum atomic E-state index is -0.231. The molecule has 196 valence electrons. The maximum Gasteiger partial charge on any atom is 0.254 e. The van der Waals surface area contributed by atoms with Crippen molar-refractivity contribution in [1.29, 1.82) is 0 Å². The predicted octanol–water partition coefficient (Wildman–Crippen LogP) is 7.06. The van der Waals surface area contributed by atoms with E-state index in [9.17, 15) is 9.59 Å². The monoisotopic (exact) mass is 558 g/mol.